The van der Waals surface area contributed by atoms with E-state index in [4.69, 9.17) is 4.74 Å². The van der Waals surface area contributed by atoms with E-state index in [2.05, 4.69) is 29.4 Å². The van der Waals surface area contributed by atoms with Crippen LogP contribution in [0.2, 0.25) is 0 Å². The van der Waals surface area contributed by atoms with Crippen molar-refractivity contribution >= 4 is 15.9 Å². The molecular formula is C12H15BrO. The summed E-state index contributed by atoms with van der Waals surface area (Å²) in [5.74, 6) is 0.895. The van der Waals surface area contributed by atoms with Gasteiger partial charge >= 0.3 is 0 Å². The van der Waals surface area contributed by atoms with Crippen LogP contribution in [0.25, 0.3) is 0 Å². The molecule has 0 amide bonds. The number of halogens is 1. The van der Waals surface area contributed by atoms with Crippen molar-refractivity contribution in [3.63, 3.8) is 0 Å². The Morgan fingerprint density at radius 3 is 2.57 bits per heavy atom. The highest BCUT2D eigenvalue weighted by Crippen LogP contribution is 2.18. The van der Waals surface area contributed by atoms with E-state index in [1.165, 1.54) is 0 Å². The molecule has 0 N–H and O–H groups in total. The number of ether oxygens (including phenoxy) is 1. The van der Waals surface area contributed by atoms with Gasteiger partial charge in [-0.1, -0.05) is 41.9 Å². The van der Waals surface area contributed by atoms with Crippen LogP contribution >= 0.6 is 15.9 Å². The lowest BCUT2D eigenvalue weighted by Gasteiger charge is -2.14. The van der Waals surface area contributed by atoms with E-state index in [0.717, 1.165) is 23.1 Å². The van der Waals surface area contributed by atoms with Gasteiger partial charge in [0.25, 0.3) is 0 Å². The molecule has 0 aliphatic carbocycles. The lowest BCUT2D eigenvalue weighted by atomic mass is 10.2. The molecule has 0 aromatic heterocycles. The number of benzene rings is 1. The van der Waals surface area contributed by atoms with Crippen molar-refractivity contribution in [2.24, 2.45) is 0 Å². The van der Waals surface area contributed by atoms with Crippen LogP contribution in [-0.2, 0) is 0 Å². The average molecular weight is 255 g/mol. The molecule has 1 aromatic carbocycles. The third kappa shape index (κ3) is 3.54. The summed E-state index contributed by atoms with van der Waals surface area (Å²) in [4.78, 5) is 0. The topological polar surface area (TPSA) is 9.23 Å². The van der Waals surface area contributed by atoms with Gasteiger partial charge in [0.1, 0.15) is 11.9 Å². The van der Waals surface area contributed by atoms with Crippen LogP contribution in [0.1, 0.15) is 19.8 Å². The van der Waals surface area contributed by atoms with Crippen molar-refractivity contribution in [3.05, 3.63) is 41.4 Å². The van der Waals surface area contributed by atoms with Crippen LogP contribution in [0.4, 0.5) is 0 Å². The zero-order valence-electron chi connectivity index (χ0n) is 8.37. The summed E-state index contributed by atoms with van der Waals surface area (Å²) < 4.78 is 6.79. The molecule has 0 radical (unpaired) electrons. The molecule has 1 aromatic rings. The monoisotopic (exact) mass is 254 g/mol. The number of hydrogen-bond donors (Lipinski definition) is 0. The molecule has 0 aliphatic heterocycles. The van der Waals surface area contributed by atoms with E-state index in [0.29, 0.717) is 0 Å². The highest BCUT2D eigenvalue weighted by Gasteiger charge is 2.03. The van der Waals surface area contributed by atoms with Crippen LogP contribution in [0.3, 0.4) is 0 Å². The fraction of sp³-hybridized carbons (Fsp3) is 0.333. The normalized spacial score (nSPS) is 12.1. The van der Waals surface area contributed by atoms with Crippen LogP contribution < -0.4 is 4.74 Å². The molecule has 1 atom stereocenters. The van der Waals surface area contributed by atoms with E-state index in [1.54, 1.807) is 0 Å². The average Bonchev–Trinajstić information content (AvgIpc) is 2.20. The van der Waals surface area contributed by atoms with Gasteiger partial charge in [0.2, 0.25) is 0 Å². The first-order chi connectivity index (χ1) is 6.76. The van der Waals surface area contributed by atoms with E-state index in [1.807, 2.05) is 30.3 Å². The molecule has 1 nitrogen and oxygen atoms in total. The molecule has 1 rings (SSSR count). The Hall–Kier alpha value is -0.760. The predicted molar refractivity (Wildman–Crippen MR) is 63.7 cm³/mol. The van der Waals surface area contributed by atoms with E-state index in [9.17, 15) is 0 Å². The van der Waals surface area contributed by atoms with Crippen molar-refractivity contribution in [1.82, 2.24) is 0 Å². The molecule has 0 spiro atoms. The van der Waals surface area contributed by atoms with Crippen LogP contribution in [0, 0.1) is 0 Å². The Morgan fingerprint density at radius 2 is 2.07 bits per heavy atom. The second-order valence-corrected chi connectivity index (χ2v) is 4.05. The Bertz CT molecular complexity index is 279. The summed E-state index contributed by atoms with van der Waals surface area (Å²) in [5, 5.41) is 0. The molecule has 14 heavy (non-hydrogen) atoms. The van der Waals surface area contributed by atoms with Gasteiger partial charge in [-0.05, 0) is 30.7 Å². The van der Waals surface area contributed by atoms with Gasteiger partial charge in [-0.3, -0.25) is 0 Å². The zero-order chi connectivity index (χ0) is 10.4. The Kier molecular flexibility index (Phi) is 4.74. The second kappa shape index (κ2) is 5.86. The first-order valence-corrected chi connectivity index (χ1v) is 5.60. The van der Waals surface area contributed by atoms with E-state index < -0.39 is 0 Å². The van der Waals surface area contributed by atoms with Gasteiger partial charge in [-0.15, -0.1) is 0 Å². The lowest BCUT2D eigenvalue weighted by molar-refractivity contribution is 0.237. The van der Waals surface area contributed by atoms with Gasteiger partial charge in [0.15, 0.2) is 0 Å². The highest BCUT2D eigenvalue weighted by atomic mass is 79.9. The SMILES string of the molecule is C=C[C@@H](CCC)Oc1ccc(Br)cc1. The van der Waals surface area contributed by atoms with Crippen LogP contribution in [0.15, 0.2) is 41.4 Å². The molecule has 0 saturated carbocycles. The largest absolute Gasteiger partial charge is 0.486 e. The third-order valence-electron chi connectivity index (χ3n) is 1.94. The number of rotatable bonds is 5. The van der Waals surface area contributed by atoms with Gasteiger partial charge in [0, 0.05) is 4.47 Å². The van der Waals surface area contributed by atoms with Gasteiger partial charge in [0.05, 0.1) is 0 Å². The van der Waals surface area contributed by atoms with Gasteiger partial charge in [-0.25, -0.2) is 0 Å². The summed E-state index contributed by atoms with van der Waals surface area (Å²) in [5.41, 5.74) is 0. The first-order valence-electron chi connectivity index (χ1n) is 4.81. The van der Waals surface area contributed by atoms with Crippen LogP contribution in [0.5, 0.6) is 5.75 Å². The standard InChI is InChI=1S/C12H15BrO/c1-3-5-11(4-2)14-12-8-6-10(13)7-9-12/h4,6-9,11H,2-3,5H2,1H3/t11-/m0/s1. The lowest BCUT2D eigenvalue weighted by Crippen LogP contribution is -2.12. The fourth-order valence-corrected chi connectivity index (χ4v) is 1.46. The van der Waals surface area contributed by atoms with Crippen LogP contribution in [-0.4, -0.2) is 6.10 Å². The minimum Gasteiger partial charge on any atom is -0.486 e. The summed E-state index contributed by atoms with van der Waals surface area (Å²) in [6.45, 7) is 5.90. The molecule has 2 heteroatoms. The van der Waals surface area contributed by atoms with Crippen molar-refractivity contribution in [2.75, 3.05) is 0 Å². The summed E-state index contributed by atoms with van der Waals surface area (Å²) in [6, 6.07) is 7.86. The van der Waals surface area contributed by atoms with Crippen molar-refractivity contribution in [3.8, 4) is 5.75 Å². The maximum atomic E-state index is 5.72. The first kappa shape index (κ1) is 11.3. The summed E-state index contributed by atoms with van der Waals surface area (Å²) in [6.07, 6.45) is 4.10. The smallest absolute Gasteiger partial charge is 0.120 e. The fourth-order valence-electron chi connectivity index (χ4n) is 1.20. The minimum atomic E-state index is 0.126. The molecule has 0 bridgehead atoms. The number of hydrogen-bond acceptors (Lipinski definition) is 1. The molecule has 0 unspecified atom stereocenters. The molecule has 0 heterocycles. The predicted octanol–water partition coefficient (Wildman–Crippen LogP) is 4.18. The zero-order valence-corrected chi connectivity index (χ0v) is 9.96. The Morgan fingerprint density at radius 1 is 1.43 bits per heavy atom. The third-order valence-corrected chi connectivity index (χ3v) is 2.47. The second-order valence-electron chi connectivity index (χ2n) is 3.13. The maximum absolute atomic E-state index is 5.72. The summed E-state index contributed by atoms with van der Waals surface area (Å²) in [7, 11) is 0. The molecular weight excluding hydrogens is 240 g/mol. The highest BCUT2D eigenvalue weighted by molar-refractivity contribution is 9.10. The summed E-state index contributed by atoms with van der Waals surface area (Å²) >= 11 is 3.38. The van der Waals surface area contributed by atoms with Crippen molar-refractivity contribution in [1.29, 1.82) is 0 Å². The Labute approximate surface area is 93.9 Å². The maximum Gasteiger partial charge on any atom is 0.120 e. The Balaban J connectivity index is 2.57. The van der Waals surface area contributed by atoms with Crippen molar-refractivity contribution in [2.45, 2.75) is 25.9 Å². The molecule has 0 fully saturated rings. The van der Waals surface area contributed by atoms with Gasteiger partial charge < -0.3 is 4.74 Å². The van der Waals surface area contributed by atoms with E-state index in [-0.39, 0.29) is 6.10 Å². The molecule has 0 aliphatic rings. The molecule has 76 valence electrons. The minimum absolute atomic E-state index is 0.126. The van der Waals surface area contributed by atoms with Gasteiger partial charge in [-0.2, -0.15) is 0 Å². The molecule has 0 saturated heterocycles. The quantitative estimate of drug-likeness (QED) is 0.717. The van der Waals surface area contributed by atoms with Crippen molar-refractivity contribution < 1.29 is 4.74 Å². The van der Waals surface area contributed by atoms with E-state index >= 15 is 0 Å².